The van der Waals surface area contributed by atoms with Crippen LogP contribution in [0.25, 0.3) is 0 Å². The molecule has 0 heterocycles. The van der Waals surface area contributed by atoms with E-state index in [0.717, 1.165) is 18.6 Å². The fourth-order valence-electron chi connectivity index (χ4n) is 1.69. The topological polar surface area (TPSA) is 64.3 Å². The molecule has 0 radical (unpaired) electrons. The molecule has 1 aromatic rings. The first-order valence-corrected chi connectivity index (χ1v) is 6.39. The zero-order chi connectivity index (χ0) is 13.4. The van der Waals surface area contributed by atoms with Crippen LogP contribution < -0.4 is 15.8 Å². The minimum absolute atomic E-state index is 0.0716. The van der Waals surface area contributed by atoms with Crippen LogP contribution in [0, 0.1) is 5.92 Å². The molecule has 0 saturated heterocycles. The van der Waals surface area contributed by atoms with Gasteiger partial charge in [-0.3, -0.25) is 4.79 Å². The van der Waals surface area contributed by atoms with Gasteiger partial charge in [0.2, 0.25) is 5.91 Å². The van der Waals surface area contributed by atoms with Crippen molar-refractivity contribution in [1.82, 2.24) is 5.32 Å². The van der Waals surface area contributed by atoms with E-state index < -0.39 is 0 Å². The number of rotatable bonds is 7. The Balaban J connectivity index is 2.21. The molecule has 0 aliphatic rings. The summed E-state index contributed by atoms with van der Waals surface area (Å²) < 4.78 is 5.48. The minimum Gasteiger partial charge on any atom is -0.492 e. The number of benzene rings is 1. The molecule has 0 aliphatic heterocycles. The summed E-state index contributed by atoms with van der Waals surface area (Å²) in [6.07, 6.45) is 1.94. The van der Waals surface area contributed by atoms with Crippen molar-refractivity contribution in [3.05, 3.63) is 24.3 Å². The average molecular weight is 250 g/mol. The van der Waals surface area contributed by atoms with Gasteiger partial charge in [-0.2, -0.15) is 0 Å². The molecule has 0 aromatic heterocycles. The molecule has 0 spiro atoms. The standard InChI is InChI=1S/C14H22N2O2/c1-3-5-11(2)14(17)16-8-9-18-13-7-4-6-12(15)10-13/h4,6-7,10-11H,3,5,8-9,15H2,1-2H3,(H,16,17). The van der Waals surface area contributed by atoms with Gasteiger partial charge in [0.25, 0.3) is 0 Å². The molecule has 0 bridgehead atoms. The Hall–Kier alpha value is -1.71. The van der Waals surface area contributed by atoms with E-state index >= 15 is 0 Å². The molecular formula is C14H22N2O2. The van der Waals surface area contributed by atoms with Gasteiger partial charge < -0.3 is 15.8 Å². The highest BCUT2D eigenvalue weighted by Gasteiger charge is 2.10. The van der Waals surface area contributed by atoms with Crippen LogP contribution >= 0.6 is 0 Å². The number of anilines is 1. The smallest absolute Gasteiger partial charge is 0.222 e. The van der Waals surface area contributed by atoms with E-state index in [-0.39, 0.29) is 11.8 Å². The Morgan fingerprint density at radius 3 is 2.94 bits per heavy atom. The molecule has 18 heavy (non-hydrogen) atoms. The van der Waals surface area contributed by atoms with Crippen LogP contribution in [-0.2, 0) is 4.79 Å². The summed E-state index contributed by atoms with van der Waals surface area (Å²) in [5.74, 6) is 0.890. The van der Waals surface area contributed by atoms with E-state index in [0.29, 0.717) is 18.8 Å². The van der Waals surface area contributed by atoms with E-state index in [2.05, 4.69) is 12.2 Å². The number of nitrogen functional groups attached to an aromatic ring is 1. The van der Waals surface area contributed by atoms with Crippen LogP contribution in [0.2, 0.25) is 0 Å². The third kappa shape index (κ3) is 5.08. The molecule has 0 saturated carbocycles. The largest absolute Gasteiger partial charge is 0.492 e. The van der Waals surface area contributed by atoms with Gasteiger partial charge in [0.15, 0.2) is 0 Å². The summed E-state index contributed by atoms with van der Waals surface area (Å²) >= 11 is 0. The molecular weight excluding hydrogens is 228 g/mol. The van der Waals surface area contributed by atoms with Crippen molar-refractivity contribution >= 4 is 11.6 Å². The van der Waals surface area contributed by atoms with Crippen molar-refractivity contribution in [1.29, 1.82) is 0 Å². The van der Waals surface area contributed by atoms with Crippen molar-refractivity contribution in [2.24, 2.45) is 5.92 Å². The first kappa shape index (κ1) is 14.4. The first-order valence-electron chi connectivity index (χ1n) is 6.39. The molecule has 1 amide bonds. The SMILES string of the molecule is CCCC(C)C(=O)NCCOc1cccc(N)c1. The lowest BCUT2D eigenvalue weighted by atomic mass is 10.1. The molecule has 1 aromatic carbocycles. The Morgan fingerprint density at radius 1 is 1.50 bits per heavy atom. The molecule has 0 aliphatic carbocycles. The number of carbonyl (C=O) groups is 1. The van der Waals surface area contributed by atoms with Gasteiger partial charge in [-0.1, -0.05) is 26.3 Å². The molecule has 1 atom stereocenters. The molecule has 4 nitrogen and oxygen atoms in total. The average Bonchev–Trinajstić information content (AvgIpc) is 2.35. The Bertz CT molecular complexity index is 380. The lowest BCUT2D eigenvalue weighted by Crippen LogP contribution is -2.32. The normalized spacial score (nSPS) is 11.9. The van der Waals surface area contributed by atoms with E-state index in [4.69, 9.17) is 10.5 Å². The number of carbonyl (C=O) groups excluding carboxylic acids is 1. The third-order valence-electron chi connectivity index (χ3n) is 2.70. The Morgan fingerprint density at radius 2 is 2.28 bits per heavy atom. The van der Waals surface area contributed by atoms with Crippen molar-refractivity contribution in [3.8, 4) is 5.75 Å². The number of nitrogens with two attached hydrogens (primary N) is 1. The van der Waals surface area contributed by atoms with Gasteiger partial charge >= 0.3 is 0 Å². The second-order valence-corrected chi connectivity index (χ2v) is 4.40. The monoisotopic (exact) mass is 250 g/mol. The quantitative estimate of drug-likeness (QED) is 0.576. The second kappa shape index (κ2) is 7.58. The van der Waals surface area contributed by atoms with Gasteiger partial charge in [0.05, 0.1) is 6.54 Å². The van der Waals surface area contributed by atoms with Gasteiger partial charge in [-0.05, 0) is 18.6 Å². The van der Waals surface area contributed by atoms with Crippen LogP contribution in [0.1, 0.15) is 26.7 Å². The minimum atomic E-state index is 0.0716. The van der Waals surface area contributed by atoms with Crippen LogP contribution in [0.3, 0.4) is 0 Å². The van der Waals surface area contributed by atoms with E-state index in [1.807, 2.05) is 19.1 Å². The summed E-state index contributed by atoms with van der Waals surface area (Å²) in [5.41, 5.74) is 6.31. The van der Waals surface area contributed by atoms with Gasteiger partial charge in [-0.25, -0.2) is 0 Å². The maximum absolute atomic E-state index is 11.6. The van der Waals surface area contributed by atoms with Crippen molar-refractivity contribution in [3.63, 3.8) is 0 Å². The summed E-state index contributed by atoms with van der Waals surface area (Å²) in [7, 11) is 0. The van der Waals surface area contributed by atoms with Crippen LogP contribution in [0.4, 0.5) is 5.69 Å². The van der Waals surface area contributed by atoms with E-state index in [1.165, 1.54) is 0 Å². The van der Waals surface area contributed by atoms with Crippen molar-refractivity contribution in [2.45, 2.75) is 26.7 Å². The zero-order valence-electron chi connectivity index (χ0n) is 11.1. The molecule has 100 valence electrons. The Kier molecular flexibility index (Phi) is 6.05. The van der Waals surface area contributed by atoms with Crippen LogP contribution in [0.5, 0.6) is 5.75 Å². The molecule has 1 rings (SSSR count). The van der Waals surface area contributed by atoms with Crippen LogP contribution in [-0.4, -0.2) is 19.1 Å². The van der Waals surface area contributed by atoms with E-state index in [9.17, 15) is 4.79 Å². The fourth-order valence-corrected chi connectivity index (χ4v) is 1.69. The van der Waals surface area contributed by atoms with Gasteiger partial charge in [-0.15, -0.1) is 0 Å². The lowest BCUT2D eigenvalue weighted by Gasteiger charge is -2.11. The van der Waals surface area contributed by atoms with Crippen molar-refractivity contribution in [2.75, 3.05) is 18.9 Å². The highest BCUT2D eigenvalue weighted by atomic mass is 16.5. The van der Waals surface area contributed by atoms with Crippen molar-refractivity contribution < 1.29 is 9.53 Å². The summed E-state index contributed by atoms with van der Waals surface area (Å²) in [6, 6.07) is 7.26. The van der Waals surface area contributed by atoms with Crippen LogP contribution in [0.15, 0.2) is 24.3 Å². The number of nitrogens with one attached hydrogen (secondary N) is 1. The summed E-state index contributed by atoms with van der Waals surface area (Å²) in [5, 5.41) is 2.86. The number of hydrogen-bond acceptors (Lipinski definition) is 3. The van der Waals surface area contributed by atoms with Gasteiger partial charge in [0.1, 0.15) is 12.4 Å². The molecule has 0 fully saturated rings. The number of hydrogen-bond donors (Lipinski definition) is 2. The predicted octanol–water partition coefficient (Wildman–Crippen LogP) is 2.20. The summed E-state index contributed by atoms with van der Waals surface area (Å²) in [6.45, 7) is 4.99. The van der Waals surface area contributed by atoms with Gasteiger partial charge in [0, 0.05) is 17.7 Å². The molecule has 3 N–H and O–H groups in total. The lowest BCUT2D eigenvalue weighted by molar-refractivity contribution is -0.124. The highest BCUT2D eigenvalue weighted by Crippen LogP contribution is 2.13. The zero-order valence-corrected chi connectivity index (χ0v) is 11.1. The number of amides is 1. The predicted molar refractivity (Wildman–Crippen MR) is 73.4 cm³/mol. The first-order chi connectivity index (χ1) is 8.63. The maximum Gasteiger partial charge on any atom is 0.222 e. The second-order valence-electron chi connectivity index (χ2n) is 4.40. The fraction of sp³-hybridized carbons (Fsp3) is 0.500. The summed E-state index contributed by atoms with van der Waals surface area (Å²) in [4.78, 5) is 11.6. The molecule has 1 unspecified atom stereocenters. The Labute approximate surface area is 109 Å². The highest BCUT2D eigenvalue weighted by molar-refractivity contribution is 5.78. The third-order valence-corrected chi connectivity index (χ3v) is 2.70. The number of ether oxygens (including phenoxy) is 1. The van der Waals surface area contributed by atoms with E-state index in [1.54, 1.807) is 12.1 Å². The maximum atomic E-state index is 11.6. The molecule has 4 heteroatoms.